The maximum atomic E-state index is 12.2. The lowest BCUT2D eigenvalue weighted by molar-refractivity contribution is -0.384. The van der Waals surface area contributed by atoms with Gasteiger partial charge in [-0.1, -0.05) is 23.2 Å². The zero-order valence-electron chi connectivity index (χ0n) is 9.42. The number of nitrogens with two attached hydrogens (primary N) is 1. The average molecular weight is 326 g/mol. The Kier molecular flexibility index (Phi) is 3.72. The van der Waals surface area contributed by atoms with E-state index in [-0.39, 0.29) is 29.0 Å². The van der Waals surface area contributed by atoms with Crippen LogP contribution in [0.1, 0.15) is 0 Å². The van der Waals surface area contributed by atoms with Gasteiger partial charge in [-0.2, -0.15) is 4.31 Å². The number of hydrogen-bond donors (Lipinski definition) is 1. The van der Waals surface area contributed by atoms with Gasteiger partial charge in [-0.3, -0.25) is 10.1 Å². The second kappa shape index (κ2) is 4.88. The highest BCUT2D eigenvalue weighted by atomic mass is 35.5. The van der Waals surface area contributed by atoms with Gasteiger partial charge in [0.1, 0.15) is 14.9 Å². The Hall–Kier alpha value is -0.930. The summed E-state index contributed by atoms with van der Waals surface area (Å²) >= 11 is 11.4. The zero-order valence-corrected chi connectivity index (χ0v) is 11.7. The van der Waals surface area contributed by atoms with E-state index in [0.717, 1.165) is 16.4 Å². The predicted octanol–water partition coefficient (Wildman–Crippen LogP) is 1.23. The molecule has 0 aromatic heterocycles. The fourth-order valence-corrected chi connectivity index (χ4v) is 4.11. The van der Waals surface area contributed by atoms with Crippen LogP contribution in [0.15, 0.2) is 17.0 Å². The van der Waals surface area contributed by atoms with E-state index in [4.69, 9.17) is 28.9 Å². The molecular formula is C9H9Cl2N3O4S. The van der Waals surface area contributed by atoms with E-state index in [1.807, 2.05) is 0 Å². The van der Waals surface area contributed by atoms with Crippen LogP contribution in [0.25, 0.3) is 0 Å². The van der Waals surface area contributed by atoms with Crippen molar-refractivity contribution in [3.05, 3.63) is 32.3 Å². The van der Waals surface area contributed by atoms with E-state index in [0.29, 0.717) is 0 Å². The normalized spacial score (nSPS) is 17.2. The Labute approximate surface area is 119 Å². The minimum absolute atomic E-state index is 0.162. The van der Waals surface area contributed by atoms with Gasteiger partial charge in [-0.15, -0.1) is 0 Å². The van der Waals surface area contributed by atoms with Crippen molar-refractivity contribution < 1.29 is 13.3 Å². The molecule has 10 heteroatoms. The monoisotopic (exact) mass is 325 g/mol. The van der Waals surface area contributed by atoms with E-state index >= 15 is 0 Å². The minimum Gasteiger partial charge on any atom is -0.325 e. The Bertz CT molecular complexity index is 643. The number of nitro groups is 1. The summed E-state index contributed by atoms with van der Waals surface area (Å²) in [4.78, 5) is 9.69. The quantitative estimate of drug-likeness (QED) is 0.664. The van der Waals surface area contributed by atoms with Crippen LogP contribution in [-0.2, 0) is 10.0 Å². The summed E-state index contributed by atoms with van der Waals surface area (Å²) in [5.74, 6) is 0. The summed E-state index contributed by atoms with van der Waals surface area (Å²) in [6.45, 7) is 0.324. The molecule has 1 aromatic carbocycles. The Morgan fingerprint density at radius 1 is 1.37 bits per heavy atom. The Morgan fingerprint density at radius 2 is 1.95 bits per heavy atom. The molecule has 0 radical (unpaired) electrons. The number of hydrogen-bond acceptors (Lipinski definition) is 5. The molecule has 0 spiro atoms. The molecule has 1 fully saturated rings. The summed E-state index contributed by atoms with van der Waals surface area (Å²) in [5.41, 5.74) is 4.90. The molecule has 19 heavy (non-hydrogen) atoms. The summed E-state index contributed by atoms with van der Waals surface area (Å²) in [5, 5.41) is 10.1. The van der Waals surface area contributed by atoms with Gasteiger partial charge in [0.2, 0.25) is 10.0 Å². The molecule has 1 heterocycles. The molecule has 1 aliphatic heterocycles. The molecule has 2 rings (SSSR count). The number of nitro benzene ring substituents is 1. The van der Waals surface area contributed by atoms with E-state index in [1.54, 1.807) is 0 Å². The maximum absolute atomic E-state index is 12.2. The van der Waals surface area contributed by atoms with Crippen molar-refractivity contribution >= 4 is 38.9 Å². The Morgan fingerprint density at radius 3 is 2.42 bits per heavy atom. The largest absolute Gasteiger partial charge is 0.325 e. The molecule has 2 N–H and O–H groups in total. The Balaban J connectivity index is 2.52. The zero-order chi connectivity index (χ0) is 14.4. The summed E-state index contributed by atoms with van der Waals surface area (Å²) in [7, 11) is -3.88. The summed E-state index contributed by atoms with van der Waals surface area (Å²) in [6.07, 6.45) is 0. The van der Waals surface area contributed by atoms with E-state index in [1.165, 1.54) is 0 Å². The lowest BCUT2D eigenvalue weighted by Gasteiger charge is -2.35. The molecule has 1 saturated heterocycles. The SMILES string of the molecule is NC1CN(S(=O)(=O)c2ccc(Cl)c([N+](=O)[O-])c2Cl)C1. The van der Waals surface area contributed by atoms with Gasteiger partial charge in [-0.25, -0.2) is 8.42 Å². The molecule has 1 aromatic rings. The first kappa shape index (κ1) is 14.5. The van der Waals surface area contributed by atoms with Crippen LogP contribution in [-0.4, -0.2) is 36.8 Å². The van der Waals surface area contributed by atoms with Crippen LogP contribution in [0.5, 0.6) is 0 Å². The van der Waals surface area contributed by atoms with Gasteiger partial charge >= 0.3 is 5.69 Å². The molecule has 7 nitrogen and oxygen atoms in total. The fourth-order valence-electron chi connectivity index (χ4n) is 1.69. The third-order valence-electron chi connectivity index (χ3n) is 2.71. The molecule has 1 aliphatic rings. The lowest BCUT2D eigenvalue weighted by Crippen LogP contribution is -2.57. The molecule has 0 saturated carbocycles. The summed E-state index contributed by atoms with van der Waals surface area (Å²) in [6, 6.07) is 2.06. The van der Waals surface area contributed by atoms with Crippen molar-refractivity contribution in [2.75, 3.05) is 13.1 Å². The predicted molar refractivity (Wildman–Crippen MR) is 69.9 cm³/mol. The number of nitrogens with zero attached hydrogens (tertiary/aromatic N) is 2. The molecule has 0 amide bonds. The minimum atomic E-state index is -3.88. The van der Waals surface area contributed by atoms with Crippen molar-refractivity contribution in [3.8, 4) is 0 Å². The van der Waals surface area contributed by atoms with Gasteiger partial charge in [-0.05, 0) is 12.1 Å². The number of rotatable bonds is 3. The first-order valence-corrected chi connectivity index (χ1v) is 7.33. The second-order valence-corrected chi connectivity index (χ2v) is 6.74. The van der Waals surface area contributed by atoms with Crippen molar-refractivity contribution in [2.24, 2.45) is 5.73 Å². The molecule has 0 bridgehead atoms. The first-order chi connectivity index (χ1) is 8.75. The lowest BCUT2D eigenvalue weighted by atomic mass is 10.2. The third kappa shape index (κ3) is 2.41. The topological polar surface area (TPSA) is 107 Å². The van der Waals surface area contributed by atoms with Crippen LogP contribution in [0.2, 0.25) is 10.0 Å². The highest BCUT2D eigenvalue weighted by molar-refractivity contribution is 7.89. The maximum Gasteiger partial charge on any atom is 0.307 e. The van der Waals surface area contributed by atoms with Crippen molar-refractivity contribution in [3.63, 3.8) is 0 Å². The van der Waals surface area contributed by atoms with Crippen LogP contribution in [0.3, 0.4) is 0 Å². The average Bonchev–Trinajstić information content (AvgIpc) is 2.23. The van der Waals surface area contributed by atoms with Crippen LogP contribution in [0.4, 0.5) is 5.69 Å². The van der Waals surface area contributed by atoms with Gasteiger partial charge < -0.3 is 5.73 Å². The van der Waals surface area contributed by atoms with Crippen LogP contribution < -0.4 is 5.73 Å². The molecular weight excluding hydrogens is 317 g/mol. The van der Waals surface area contributed by atoms with Crippen LogP contribution in [0, 0.1) is 10.1 Å². The van der Waals surface area contributed by atoms with E-state index in [2.05, 4.69) is 0 Å². The second-order valence-electron chi connectivity index (χ2n) is 4.05. The molecule has 104 valence electrons. The number of sulfonamides is 1. The summed E-state index contributed by atoms with van der Waals surface area (Å²) < 4.78 is 25.5. The van der Waals surface area contributed by atoms with Gasteiger partial charge in [0.15, 0.2) is 0 Å². The third-order valence-corrected chi connectivity index (χ3v) is 5.38. The molecule has 0 atom stereocenters. The van der Waals surface area contributed by atoms with E-state index < -0.39 is 25.7 Å². The van der Waals surface area contributed by atoms with E-state index in [9.17, 15) is 18.5 Å². The highest BCUT2D eigenvalue weighted by Gasteiger charge is 2.38. The van der Waals surface area contributed by atoms with Gasteiger partial charge in [0.25, 0.3) is 0 Å². The van der Waals surface area contributed by atoms with Gasteiger partial charge in [0.05, 0.1) is 4.92 Å². The highest BCUT2D eigenvalue weighted by Crippen LogP contribution is 2.38. The van der Waals surface area contributed by atoms with Crippen LogP contribution >= 0.6 is 23.2 Å². The smallest absolute Gasteiger partial charge is 0.307 e. The van der Waals surface area contributed by atoms with Crippen molar-refractivity contribution in [1.82, 2.24) is 4.31 Å². The van der Waals surface area contributed by atoms with Crippen molar-refractivity contribution in [2.45, 2.75) is 10.9 Å². The molecule has 0 aliphatic carbocycles. The fraction of sp³-hybridized carbons (Fsp3) is 0.333. The van der Waals surface area contributed by atoms with Crippen molar-refractivity contribution in [1.29, 1.82) is 0 Å². The van der Waals surface area contributed by atoms with Gasteiger partial charge in [0, 0.05) is 19.1 Å². The molecule has 0 unspecified atom stereocenters. The first-order valence-electron chi connectivity index (χ1n) is 5.13. The standard InChI is InChI=1S/C9H9Cl2N3O4S/c10-6-1-2-7(8(11)9(6)14(15)16)19(17,18)13-3-5(12)4-13/h1-2,5H,3-4,12H2. The number of benzene rings is 1. The number of halogens is 2.